The summed E-state index contributed by atoms with van der Waals surface area (Å²) in [5.74, 6) is 0.393. The lowest BCUT2D eigenvalue weighted by Gasteiger charge is -2.13. The quantitative estimate of drug-likeness (QED) is 0.735. The first-order valence-corrected chi connectivity index (χ1v) is 8.17. The summed E-state index contributed by atoms with van der Waals surface area (Å²) in [5.41, 5.74) is 1.99. The lowest BCUT2D eigenvalue weighted by atomic mass is 10.2. The fraction of sp³-hybridized carbons (Fsp3) is 0.353. The molecular formula is C17H19FN6O. The van der Waals surface area contributed by atoms with Gasteiger partial charge in [0.05, 0.1) is 30.9 Å². The number of nitrogens with zero attached hydrogens (tertiary/aromatic N) is 4. The van der Waals surface area contributed by atoms with Gasteiger partial charge in [0.1, 0.15) is 23.0 Å². The molecule has 0 saturated carbocycles. The van der Waals surface area contributed by atoms with Crippen LogP contribution in [-0.2, 0) is 4.74 Å². The maximum atomic E-state index is 13.3. The number of ether oxygens (including phenoxy) is 1. The summed E-state index contributed by atoms with van der Waals surface area (Å²) in [6, 6.07) is 3.42. The molecule has 8 heteroatoms. The van der Waals surface area contributed by atoms with Crippen LogP contribution in [0.2, 0.25) is 0 Å². The first-order valence-electron chi connectivity index (χ1n) is 8.17. The summed E-state index contributed by atoms with van der Waals surface area (Å²) in [4.78, 5) is 13.1. The van der Waals surface area contributed by atoms with Crippen molar-refractivity contribution in [3.05, 3.63) is 42.7 Å². The topological polar surface area (TPSA) is 76.4 Å². The number of rotatable bonds is 5. The van der Waals surface area contributed by atoms with Crippen molar-refractivity contribution < 1.29 is 9.13 Å². The first kappa shape index (κ1) is 15.9. The number of hydrogen-bond acceptors (Lipinski definition) is 6. The fourth-order valence-corrected chi connectivity index (χ4v) is 3.17. The average Bonchev–Trinajstić information content (AvgIpc) is 3.22. The number of anilines is 1. The largest absolute Gasteiger partial charge is 0.383 e. The number of nitrogens with one attached hydrogen (secondary N) is 2. The summed E-state index contributed by atoms with van der Waals surface area (Å²) in [5, 5.41) is 6.82. The zero-order valence-electron chi connectivity index (χ0n) is 13.8. The Morgan fingerprint density at radius 1 is 1.40 bits per heavy atom. The van der Waals surface area contributed by atoms with Crippen LogP contribution in [0.25, 0.3) is 17.0 Å². The third kappa shape index (κ3) is 3.31. The Bertz CT molecular complexity index is 882. The molecule has 0 spiro atoms. The highest BCUT2D eigenvalue weighted by atomic mass is 19.1. The van der Waals surface area contributed by atoms with Gasteiger partial charge < -0.3 is 15.4 Å². The van der Waals surface area contributed by atoms with Gasteiger partial charge in [-0.05, 0) is 12.5 Å². The van der Waals surface area contributed by atoms with Crippen LogP contribution >= 0.6 is 0 Å². The van der Waals surface area contributed by atoms with E-state index >= 15 is 0 Å². The summed E-state index contributed by atoms with van der Waals surface area (Å²) < 4.78 is 20.3. The minimum Gasteiger partial charge on any atom is -0.383 e. The zero-order chi connectivity index (χ0) is 17.2. The van der Waals surface area contributed by atoms with Crippen LogP contribution in [-0.4, -0.2) is 51.7 Å². The second kappa shape index (κ2) is 6.73. The van der Waals surface area contributed by atoms with Gasteiger partial charge in [0.25, 0.3) is 0 Å². The van der Waals surface area contributed by atoms with Crippen LogP contribution in [0.3, 0.4) is 0 Å². The molecule has 25 heavy (non-hydrogen) atoms. The van der Waals surface area contributed by atoms with E-state index in [0.29, 0.717) is 29.8 Å². The smallest absolute Gasteiger partial charge is 0.145 e. The highest BCUT2D eigenvalue weighted by Gasteiger charge is 2.24. The van der Waals surface area contributed by atoms with E-state index in [0.717, 1.165) is 18.7 Å². The molecule has 130 valence electrons. The molecular weight excluding hydrogens is 323 g/mol. The number of pyridine rings is 1. The third-order valence-electron chi connectivity index (χ3n) is 4.31. The van der Waals surface area contributed by atoms with E-state index in [9.17, 15) is 4.39 Å². The van der Waals surface area contributed by atoms with Crippen LogP contribution in [0.1, 0.15) is 6.42 Å². The average molecular weight is 342 g/mol. The Kier molecular flexibility index (Phi) is 4.29. The molecule has 1 aliphatic rings. The monoisotopic (exact) mass is 342 g/mol. The second-order valence-corrected chi connectivity index (χ2v) is 6.14. The lowest BCUT2D eigenvalue weighted by molar-refractivity contribution is 0.173. The summed E-state index contributed by atoms with van der Waals surface area (Å²) >= 11 is 0. The molecule has 1 fully saturated rings. The van der Waals surface area contributed by atoms with Crippen LogP contribution < -0.4 is 10.6 Å². The minimum absolute atomic E-state index is 0.279. The predicted octanol–water partition coefficient (Wildman–Crippen LogP) is 1.72. The lowest BCUT2D eigenvalue weighted by Crippen LogP contribution is -2.26. The second-order valence-electron chi connectivity index (χ2n) is 6.14. The maximum absolute atomic E-state index is 13.3. The number of methoxy groups -OCH3 is 1. The van der Waals surface area contributed by atoms with Crippen LogP contribution in [0.5, 0.6) is 0 Å². The molecule has 0 bridgehead atoms. The highest BCUT2D eigenvalue weighted by Crippen LogP contribution is 2.21. The Morgan fingerprint density at radius 2 is 2.32 bits per heavy atom. The van der Waals surface area contributed by atoms with Gasteiger partial charge in [-0.2, -0.15) is 0 Å². The zero-order valence-corrected chi connectivity index (χ0v) is 13.8. The standard InChI is InChI=1S/C17H19FN6O/c1-25-10-13-5-12(6-20-13)22-16-9-19-7-14(23-16)15-8-21-17-4-11(18)2-3-24(15)17/h2-4,7-9,12-13,20H,5-6,10H2,1H3,(H,22,23). The minimum atomic E-state index is -0.314. The summed E-state index contributed by atoms with van der Waals surface area (Å²) in [6.45, 7) is 1.55. The normalized spacial score (nSPS) is 20.2. The molecule has 0 aliphatic carbocycles. The molecule has 2 unspecified atom stereocenters. The molecule has 0 radical (unpaired) electrons. The molecule has 1 saturated heterocycles. The molecule has 0 aromatic carbocycles. The number of fused-ring (bicyclic) bond motifs is 1. The summed E-state index contributed by atoms with van der Waals surface area (Å²) in [7, 11) is 1.71. The van der Waals surface area contributed by atoms with Crippen molar-refractivity contribution in [1.29, 1.82) is 0 Å². The third-order valence-corrected chi connectivity index (χ3v) is 4.31. The van der Waals surface area contributed by atoms with Gasteiger partial charge in [0.15, 0.2) is 0 Å². The van der Waals surface area contributed by atoms with Gasteiger partial charge in [-0.1, -0.05) is 0 Å². The number of imidazole rings is 1. The highest BCUT2D eigenvalue weighted by molar-refractivity contribution is 5.60. The van der Waals surface area contributed by atoms with E-state index < -0.39 is 0 Å². The molecule has 4 heterocycles. The molecule has 3 aromatic heterocycles. The van der Waals surface area contributed by atoms with Crippen molar-refractivity contribution in [1.82, 2.24) is 24.7 Å². The molecule has 0 amide bonds. The van der Waals surface area contributed by atoms with Gasteiger partial charge in [0.2, 0.25) is 0 Å². The van der Waals surface area contributed by atoms with E-state index in [2.05, 4.69) is 25.6 Å². The predicted molar refractivity (Wildman–Crippen MR) is 91.9 cm³/mol. The Hall–Kier alpha value is -2.58. The number of halogens is 1. The molecule has 2 N–H and O–H groups in total. The van der Waals surface area contributed by atoms with Crippen molar-refractivity contribution in [3.63, 3.8) is 0 Å². The van der Waals surface area contributed by atoms with E-state index in [1.54, 1.807) is 36.3 Å². The number of aromatic nitrogens is 4. The van der Waals surface area contributed by atoms with Crippen LogP contribution in [0.15, 0.2) is 36.9 Å². The SMILES string of the molecule is COCC1CC(Nc2cncc(-c3cnc4cc(F)ccn34)n2)CN1. The Labute approximate surface area is 144 Å². The molecule has 2 atom stereocenters. The van der Waals surface area contributed by atoms with Crippen LogP contribution in [0.4, 0.5) is 10.2 Å². The van der Waals surface area contributed by atoms with Gasteiger partial charge in [0, 0.05) is 38.0 Å². The molecule has 4 rings (SSSR count). The van der Waals surface area contributed by atoms with Crippen molar-refractivity contribution in [2.45, 2.75) is 18.5 Å². The number of hydrogen-bond donors (Lipinski definition) is 2. The van der Waals surface area contributed by atoms with Gasteiger partial charge in [-0.3, -0.25) is 9.38 Å². The Morgan fingerprint density at radius 3 is 3.20 bits per heavy atom. The van der Waals surface area contributed by atoms with E-state index in [1.807, 2.05) is 0 Å². The van der Waals surface area contributed by atoms with Crippen LogP contribution in [0, 0.1) is 5.82 Å². The molecule has 1 aliphatic heterocycles. The molecule has 3 aromatic rings. The van der Waals surface area contributed by atoms with Crippen molar-refractivity contribution in [3.8, 4) is 11.4 Å². The van der Waals surface area contributed by atoms with Crippen molar-refractivity contribution in [2.24, 2.45) is 0 Å². The Balaban J connectivity index is 1.55. The van der Waals surface area contributed by atoms with Crippen molar-refractivity contribution >= 4 is 11.5 Å². The molecule has 7 nitrogen and oxygen atoms in total. The van der Waals surface area contributed by atoms with E-state index in [4.69, 9.17) is 4.74 Å². The van der Waals surface area contributed by atoms with Crippen molar-refractivity contribution in [2.75, 3.05) is 25.6 Å². The first-order chi connectivity index (χ1) is 12.2. The maximum Gasteiger partial charge on any atom is 0.145 e. The van der Waals surface area contributed by atoms with Gasteiger partial charge in [-0.25, -0.2) is 14.4 Å². The fourth-order valence-electron chi connectivity index (χ4n) is 3.17. The van der Waals surface area contributed by atoms with E-state index in [-0.39, 0.29) is 11.9 Å². The van der Waals surface area contributed by atoms with Gasteiger partial charge in [-0.15, -0.1) is 0 Å². The van der Waals surface area contributed by atoms with Gasteiger partial charge >= 0.3 is 0 Å². The van der Waals surface area contributed by atoms with E-state index in [1.165, 1.54) is 12.1 Å². The summed E-state index contributed by atoms with van der Waals surface area (Å²) in [6.07, 6.45) is 7.67.